The van der Waals surface area contributed by atoms with E-state index in [2.05, 4.69) is 5.32 Å². The number of nitrogens with one attached hydrogen (secondary N) is 1. The van der Waals surface area contributed by atoms with Gasteiger partial charge in [0.25, 0.3) is 5.69 Å². The number of benzene rings is 2. The van der Waals surface area contributed by atoms with Crippen LogP contribution >= 0.6 is 0 Å². The summed E-state index contributed by atoms with van der Waals surface area (Å²) in [6.07, 6.45) is 4.25. The molecule has 0 unspecified atom stereocenters. The highest BCUT2D eigenvalue weighted by Gasteiger charge is 2.23. The summed E-state index contributed by atoms with van der Waals surface area (Å²) >= 11 is 0. The second-order valence-electron chi connectivity index (χ2n) is 8.16. The quantitative estimate of drug-likeness (QED) is 0.313. The number of hydrogen-bond acceptors (Lipinski definition) is 10. The first-order valence-corrected chi connectivity index (χ1v) is 13.8. The van der Waals surface area contributed by atoms with Crippen LogP contribution in [0.2, 0.25) is 0 Å². The predicted octanol–water partition coefficient (Wildman–Crippen LogP) is 2.24. The van der Waals surface area contributed by atoms with Gasteiger partial charge in [-0.15, -0.1) is 0 Å². The molecule has 1 fully saturated rings. The van der Waals surface area contributed by atoms with Crippen molar-refractivity contribution in [2.45, 2.75) is 41.6 Å². The van der Waals surface area contributed by atoms with Crippen LogP contribution in [0.15, 0.2) is 46.2 Å². The third-order valence-electron chi connectivity index (χ3n) is 5.65. The van der Waals surface area contributed by atoms with Crippen molar-refractivity contribution in [1.29, 1.82) is 0 Å². The predicted molar refractivity (Wildman–Crippen MR) is 130 cm³/mol. The molecule has 0 spiro atoms. The number of sulfonamides is 2. The fourth-order valence-electron chi connectivity index (χ4n) is 3.62. The second-order valence-corrected chi connectivity index (χ2v) is 11.3. The minimum absolute atomic E-state index is 0.268. The van der Waals surface area contributed by atoms with Crippen molar-refractivity contribution in [3.05, 3.63) is 62.4 Å². The van der Waals surface area contributed by atoms with Crippen molar-refractivity contribution in [2.75, 3.05) is 19.0 Å². The lowest BCUT2D eigenvalue weighted by atomic mass is 9.87. The van der Waals surface area contributed by atoms with Gasteiger partial charge in [-0.2, -0.15) is 4.39 Å². The summed E-state index contributed by atoms with van der Waals surface area (Å²) in [5, 5.41) is 34.1. The maximum Gasteiger partial charge on any atom is 0.306 e. The van der Waals surface area contributed by atoms with Gasteiger partial charge in [0.15, 0.2) is 0 Å². The van der Waals surface area contributed by atoms with Crippen LogP contribution < -0.4 is 15.6 Å². The third-order valence-corrected chi connectivity index (χ3v) is 7.47. The molecule has 0 bridgehead atoms. The van der Waals surface area contributed by atoms with Crippen LogP contribution in [0.1, 0.15) is 25.7 Å². The highest BCUT2D eigenvalue weighted by Crippen LogP contribution is 2.30. The molecule has 0 aliphatic heterocycles. The minimum atomic E-state index is -4.05. The van der Waals surface area contributed by atoms with Crippen LogP contribution in [0.4, 0.5) is 21.5 Å². The van der Waals surface area contributed by atoms with E-state index < -0.39 is 46.3 Å². The molecule has 1 saturated carbocycles. The van der Waals surface area contributed by atoms with Crippen LogP contribution in [0.5, 0.6) is 0 Å². The van der Waals surface area contributed by atoms with Gasteiger partial charge in [0.05, 0.1) is 25.7 Å². The number of anilines is 1. The molecule has 3 rings (SSSR count). The maximum absolute atomic E-state index is 12.7. The molecule has 0 amide bonds. The Kier molecular flexibility index (Phi) is 9.99. The highest BCUT2D eigenvalue weighted by atomic mass is 32.2. The first kappa shape index (κ1) is 30.0. The van der Waals surface area contributed by atoms with E-state index in [4.69, 9.17) is 15.0 Å². The summed E-state index contributed by atoms with van der Waals surface area (Å²) < 4.78 is 62.2. The van der Waals surface area contributed by atoms with Gasteiger partial charge >= 0.3 is 5.69 Å². The zero-order chi connectivity index (χ0) is 28.0. The number of nitrogens with two attached hydrogens (primary N) is 2. The Morgan fingerprint density at radius 3 is 1.86 bits per heavy atom. The van der Waals surface area contributed by atoms with Crippen LogP contribution in [0.3, 0.4) is 0 Å². The number of rotatable bonds is 8. The summed E-state index contributed by atoms with van der Waals surface area (Å²) in [5.41, 5.74) is -0.908. The molecule has 0 aromatic heterocycles. The van der Waals surface area contributed by atoms with E-state index >= 15 is 0 Å². The number of primary sulfonamides is 2. The van der Waals surface area contributed by atoms with Crippen molar-refractivity contribution in [1.82, 2.24) is 0 Å². The van der Waals surface area contributed by atoms with Crippen molar-refractivity contribution in [3.8, 4) is 0 Å². The number of methoxy groups -OCH3 is 1. The van der Waals surface area contributed by atoms with Crippen LogP contribution in [-0.4, -0.2) is 46.4 Å². The van der Waals surface area contributed by atoms with Crippen LogP contribution in [-0.2, 0) is 24.8 Å². The fourth-order valence-corrected chi connectivity index (χ4v) is 4.69. The van der Waals surface area contributed by atoms with Gasteiger partial charge in [-0.05, 0) is 55.9 Å². The number of hydrogen-bond donors (Lipinski definition) is 3. The lowest BCUT2D eigenvalue weighted by Gasteiger charge is -2.27. The lowest BCUT2D eigenvalue weighted by molar-refractivity contribution is -0.387. The van der Waals surface area contributed by atoms with Crippen LogP contribution in [0.25, 0.3) is 0 Å². The Balaban J connectivity index is 0.000000294. The number of nitro groups is 2. The first-order valence-electron chi connectivity index (χ1n) is 10.7. The standard InChI is InChI=1S/C14H21N3O5S.C6H5FN2O4S/c1-22-11-4-2-10(3-5-11)9-16-13-7-6-12(23(15,20)21)8-14(13)17(18)19;7-5-2-1-4(14(8,12)13)3-6(5)9(10)11/h6-8,10-11,16H,2-5,9H2,1H3,(H2,15,20,21);1-3H,(H2,8,12,13)/t10-,11+;. The fraction of sp³-hybridized carbons (Fsp3) is 0.400. The SMILES string of the molecule is CO[C@H]1CC[C@@H](CNc2ccc(S(N)(=O)=O)cc2[N+](=O)[O-])CC1.NS(=O)(=O)c1ccc(F)c([N+](=O)[O-])c1. The van der Waals surface area contributed by atoms with Gasteiger partial charge in [0.2, 0.25) is 25.9 Å². The molecule has 2 aromatic rings. The molecule has 0 heterocycles. The Bertz CT molecular complexity index is 1360. The maximum atomic E-state index is 12.7. The average molecular weight is 564 g/mol. The highest BCUT2D eigenvalue weighted by molar-refractivity contribution is 7.89. The van der Waals surface area contributed by atoms with Crippen molar-refractivity contribution >= 4 is 37.1 Å². The normalized spacial score (nSPS) is 17.8. The van der Waals surface area contributed by atoms with Gasteiger partial charge in [0.1, 0.15) is 5.69 Å². The summed E-state index contributed by atoms with van der Waals surface area (Å²) in [5.74, 6) is -0.693. The molecule has 1 aliphatic carbocycles. The molecular formula is C20H26FN5O9S2. The molecule has 0 radical (unpaired) electrons. The second kappa shape index (κ2) is 12.3. The van der Waals surface area contributed by atoms with Crippen molar-refractivity contribution in [3.63, 3.8) is 0 Å². The van der Waals surface area contributed by atoms with E-state index in [9.17, 15) is 41.5 Å². The van der Waals surface area contributed by atoms with Crippen molar-refractivity contribution < 1.29 is 35.8 Å². The van der Waals surface area contributed by atoms with E-state index in [1.165, 1.54) is 12.1 Å². The molecule has 17 heteroatoms. The van der Waals surface area contributed by atoms with Crippen molar-refractivity contribution in [2.24, 2.45) is 16.2 Å². The minimum Gasteiger partial charge on any atom is -0.381 e. The smallest absolute Gasteiger partial charge is 0.306 e. The molecule has 1 aliphatic rings. The Hall–Kier alpha value is -3.25. The molecule has 14 nitrogen and oxygen atoms in total. The molecule has 0 saturated heterocycles. The Morgan fingerprint density at radius 2 is 1.41 bits per heavy atom. The molecular weight excluding hydrogens is 537 g/mol. The van der Waals surface area contributed by atoms with E-state index in [0.29, 0.717) is 36.4 Å². The molecule has 0 atom stereocenters. The number of nitrogens with zero attached hydrogens (tertiary/aromatic N) is 2. The average Bonchev–Trinajstić information content (AvgIpc) is 2.82. The Morgan fingerprint density at radius 1 is 0.919 bits per heavy atom. The molecule has 5 N–H and O–H groups in total. The lowest BCUT2D eigenvalue weighted by Crippen LogP contribution is -2.25. The van der Waals surface area contributed by atoms with Gasteiger partial charge in [-0.1, -0.05) is 0 Å². The summed E-state index contributed by atoms with van der Waals surface area (Å²) in [6.45, 7) is 0.603. The van der Waals surface area contributed by atoms with E-state index in [-0.39, 0.29) is 10.6 Å². The zero-order valence-electron chi connectivity index (χ0n) is 19.6. The first-order chi connectivity index (χ1) is 17.1. The molecule has 37 heavy (non-hydrogen) atoms. The van der Waals surface area contributed by atoms with Gasteiger partial charge in [-0.3, -0.25) is 20.2 Å². The van der Waals surface area contributed by atoms with Gasteiger partial charge < -0.3 is 10.1 Å². The monoisotopic (exact) mass is 563 g/mol. The largest absolute Gasteiger partial charge is 0.381 e. The van der Waals surface area contributed by atoms with Gasteiger partial charge in [0, 0.05) is 25.8 Å². The van der Waals surface area contributed by atoms with Gasteiger partial charge in [-0.25, -0.2) is 27.1 Å². The van der Waals surface area contributed by atoms with E-state index in [1.54, 1.807) is 7.11 Å². The number of ether oxygens (including phenoxy) is 1. The molecule has 2 aromatic carbocycles. The molecule has 204 valence electrons. The summed E-state index contributed by atoms with van der Waals surface area (Å²) in [4.78, 5) is 19.0. The van der Waals surface area contributed by atoms with E-state index in [0.717, 1.165) is 37.8 Å². The summed E-state index contributed by atoms with van der Waals surface area (Å²) in [6, 6.07) is 5.75. The zero-order valence-corrected chi connectivity index (χ0v) is 21.2. The number of nitro benzene ring substituents is 2. The topological polar surface area (TPSA) is 228 Å². The van der Waals surface area contributed by atoms with E-state index in [1.807, 2.05) is 0 Å². The van der Waals surface area contributed by atoms with Crippen LogP contribution in [0, 0.1) is 32.0 Å². The third kappa shape index (κ3) is 8.67. The number of halogens is 1. The summed E-state index contributed by atoms with van der Waals surface area (Å²) in [7, 11) is -6.30. The Labute approximate surface area is 212 Å².